The molecule has 16 heavy (non-hydrogen) atoms. The van der Waals surface area contributed by atoms with Crippen LogP contribution in [0.25, 0.3) is 0 Å². The predicted molar refractivity (Wildman–Crippen MR) is 68.6 cm³/mol. The van der Waals surface area contributed by atoms with E-state index in [4.69, 9.17) is 5.73 Å². The molecule has 0 heterocycles. The molecular weight excluding hydrogens is 196 g/mol. The van der Waals surface area contributed by atoms with Gasteiger partial charge in [-0.3, -0.25) is 4.99 Å². The zero-order chi connectivity index (χ0) is 11.4. The molecule has 1 saturated carbocycles. The third kappa shape index (κ3) is 2.63. The van der Waals surface area contributed by atoms with Gasteiger partial charge < -0.3 is 5.73 Å². The maximum atomic E-state index is 5.98. The molecule has 0 unspecified atom stereocenters. The van der Waals surface area contributed by atoms with Gasteiger partial charge in [0.25, 0.3) is 0 Å². The smallest absolute Gasteiger partial charge is 0.125 e. The van der Waals surface area contributed by atoms with E-state index < -0.39 is 0 Å². The van der Waals surface area contributed by atoms with Crippen molar-refractivity contribution < 1.29 is 0 Å². The number of rotatable bonds is 3. The molecule has 0 saturated heterocycles. The molecule has 0 aromatic heterocycles. The highest BCUT2D eigenvalue weighted by atomic mass is 14.9. The number of aliphatic imine (C=N–C) groups is 1. The summed E-state index contributed by atoms with van der Waals surface area (Å²) in [5.74, 6) is 0.675. The molecule has 0 bridgehead atoms. The molecule has 1 aliphatic carbocycles. The first-order valence-electron chi connectivity index (χ1n) is 6.05. The minimum absolute atomic E-state index is 0.388. The van der Waals surface area contributed by atoms with Crippen molar-refractivity contribution >= 4 is 5.84 Å². The lowest BCUT2D eigenvalue weighted by Gasteiger charge is -2.20. The topological polar surface area (TPSA) is 38.4 Å². The number of benzene rings is 1. The van der Waals surface area contributed by atoms with Gasteiger partial charge in [-0.15, -0.1) is 0 Å². The molecule has 0 amide bonds. The van der Waals surface area contributed by atoms with Crippen LogP contribution < -0.4 is 5.73 Å². The molecule has 2 rings (SSSR count). The van der Waals surface area contributed by atoms with E-state index in [0.29, 0.717) is 11.3 Å². The molecule has 0 aliphatic heterocycles. The third-order valence-electron chi connectivity index (χ3n) is 3.51. The van der Waals surface area contributed by atoms with Gasteiger partial charge in [0.1, 0.15) is 5.84 Å². The Hall–Kier alpha value is -1.31. The van der Waals surface area contributed by atoms with Crippen molar-refractivity contribution in [1.82, 2.24) is 0 Å². The van der Waals surface area contributed by atoms with Crippen molar-refractivity contribution in [2.24, 2.45) is 16.1 Å². The van der Waals surface area contributed by atoms with Gasteiger partial charge in [0.15, 0.2) is 0 Å². The maximum absolute atomic E-state index is 5.98. The van der Waals surface area contributed by atoms with Crippen molar-refractivity contribution in [3.63, 3.8) is 0 Å². The Labute approximate surface area is 97.6 Å². The second-order valence-corrected chi connectivity index (χ2v) is 5.09. The first-order chi connectivity index (χ1) is 7.70. The summed E-state index contributed by atoms with van der Waals surface area (Å²) in [5, 5.41) is 0. The zero-order valence-corrected chi connectivity index (χ0v) is 9.95. The van der Waals surface area contributed by atoms with Crippen LogP contribution in [-0.4, -0.2) is 12.4 Å². The maximum Gasteiger partial charge on any atom is 0.125 e. The standard InChI is InChI=1S/C14H20N2/c1-14(9-5-6-10-14)11-16-13(15)12-7-3-2-4-8-12/h2-4,7-8H,5-6,9-11H2,1H3,(H2,15,16). The van der Waals surface area contributed by atoms with Crippen molar-refractivity contribution in [1.29, 1.82) is 0 Å². The Morgan fingerprint density at radius 2 is 1.88 bits per heavy atom. The summed E-state index contributed by atoms with van der Waals surface area (Å²) in [6, 6.07) is 10.0. The molecule has 0 radical (unpaired) electrons. The fraction of sp³-hybridized carbons (Fsp3) is 0.500. The Morgan fingerprint density at radius 1 is 1.25 bits per heavy atom. The van der Waals surface area contributed by atoms with Gasteiger partial charge in [0.2, 0.25) is 0 Å². The Balaban J connectivity index is 2.02. The lowest BCUT2D eigenvalue weighted by atomic mass is 9.89. The molecule has 1 fully saturated rings. The summed E-state index contributed by atoms with van der Waals surface area (Å²) < 4.78 is 0. The molecule has 0 spiro atoms. The van der Waals surface area contributed by atoms with E-state index in [9.17, 15) is 0 Å². The lowest BCUT2D eigenvalue weighted by molar-refractivity contribution is 0.351. The molecule has 86 valence electrons. The number of hydrogen-bond donors (Lipinski definition) is 1. The SMILES string of the molecule is CC1(CN=C(N)c2ccccc2)CCCC1. The summed E-state index contributed by atoms with van der Waals surface area (Å²) in [6.45, 7) is 3.19. The number of hydrogen-bond acceptors (Lipinski definition) is 1. The van der Waals surface area contributed by atoms with E-state index in [-0.39, 0.29) is 0 Å². The Bertz CT molecular complexity index is 362. The fourth-order valence-electron chi connectivity index (χ4n) is 2.36. The summed E-state index contributed by atoms with van der Waals surface area (Å²) in [6.07, 6.45) is 5.27. The summed E-state index contributed by atoms with van der Waals surface area (Å²) in [7, 11) is 0. The van der Waals surface area contributed by atoms with Crippen molar-refractivity contribution in [3.05, 3.63) is 35.9 Å². The minimum atomic E-state index is 0.388. The van der Waals surface area contributed by atoms with Gasteiger partial charge in [0, 0.05) is 12.1 Å². The van der Waals surface area contributed by atoms with Crippen molar-refractivity contribution in [2.75, 3.05) is 6.54 Å². The second kappa shape index (κ2) is 4.69. The van der Waals surface area contributed by atoms with E-state index in [1.807, 2.05) is 30.3 Å². The van der Waals surface area contributed by atoms with E-state index >= 15 is 0 Å². The molecule has 2 nitrogen and oxygen atoms in total. The third-order valence-corrected chi connectivity index (χ3v) is 3.51. The summed E-state index contributed by atoms with van der Waals surface area (Å²) in [4.78, 5) is 4.54. The monoisotopic (exact) mass is 216 g/mol. The Morgan fingerprint density at radius 3 is 2.50 bits per heavy atom. The van der Waals surface area contributed by atoms with Gasteiger partial charge in [-0.25, -0.2) is 0 Å². The van der Waals surface area contributed by atoms with Gasteiger partial charge in [0.05, 0.1) is 0 Å². The Kier molecular flexibility index (Phi) is 3.28. The average Bonchev–Trinajstić information content (AvgIpc) is 2.75. The summed E-state index contributed by atoms with van der Waals surface area (Å²) >= 11 is 0. The van der Waals surface area contributed by atoms with Crippen LogP contribution in [0.2, 0.25) is 0 Å². The second-order valence-electron chi connectivity index (χ2n) is 5.09. The highest BCUT2D eigenvalue weighted by Gasteiger charge is 2.28. The van der Waals surface area contributed by atoms with Crippen molar-refractivity contribution in [2.45, 2.75) is 32.6 Å². The van der Waals surface area contributed by atoms with Crippen LogP contribution in [-0.2, 0) is 0 Å². The van der Waals surface area contributed by atoms with E-state index in [1.54, 1.807) is 0 Å². The van der Waals surface area contributed by atoms with Gasteiger partial charge in [-0.2, -0.15) is 0 Å². The molecule has 1 aliphatic rings. The minimum Gasteiger partial charge on any atom is -0.384 e. The highest BCUT2D eigenvalue weighted by molar-refractivity contribution is 5.97. The first kappa shape index (κ1) is 11.2. The quantitative estimate of drug-likeness (QED) is 0.612. The number of amidine groups is 1. The zero-order valence-electron chi connectivity index (χ0n) is 9.95. The van der Waals surface area contributed by atoms with Gasteiger partial charge in [-0.05, 0) is 18.3 Å². The number of nitrogens with two attached hydrogens (primary N) is 1. The molecule has 1 aromatic carbocycles. The predicted octanol–water partition coefficient (Wildman–Crippen LogP) is 2.97. The molecule has 1 aromatic rings. The van der Waals surface area contributed by atoms with Crippen molar-refractivity contribution in [3.8, 4) is 0 Å². The van der Waals surface area contributed by atoms with Gasteiger partial charge >= 0.3 is 0 Å². The first-order valence-corrected chi connectivity index (χ1v) is 6.05. The molecule has 2 heteroatoms. The van der Waals surface area contributed by atoms with E-state index in [1.165, 1.54) is 25.7 Å². The van der Waals surface area contributed by atoms with Crippen LogP contribution in [0.5, 0.6) is 0 Å². The van der Waals surface area contributed by atoms with E-state index in [2.05, 4.69) is 11.9 Å². The van der Waals surface area contributed by atoms with Crippen LogP contribution in [0.3, 0.4) is 0 Å². The van der Waals surface area contributed by atoms with Gasteiger partial charge in [-0.1, -0.05) is 50.1 Å². The van der Waals surface area contributed by atoms with Crippen LogP contribution in [0.15, 0.2) is 35.3 Å². The largest absolute Gasteiger partial charge is 0.384 e. The van der Waals surface area contributed by atoms with Crippen LogP contribution in [0, 0.1) is 5.41 Å². The normalized spacial score (nSPS) is 19.9. The molecular formula is C14H20N2. The van der Waals surface area contributed by atoms with E-state index in [0.717, 1.165) is 12.1 Å². The van der Waals surface area contributed by atoms with Crippen LogP contribution >= 0.6 is 0 Å². The lowest BCUT2D eigenvalue weighted by Crippen LogP contribution is -2.20. The molecule has 0 atom stereocenters. The van der Waals surface area contributed by atoms with Crippen LogP contribution in [0.4, 0.5) is 0 Å². The fourth-order valence-corrected chi connectivity index (χ4v) is 2.36. The highest BCUT2D eigenvalue weighted by Crippen LogP contribution is 2.37. The number of nitrogens with zero attached hydrogens (tertiary/aromatic N) is 1. The summed E-state index contributed by atoms with van der Waals surface area (Å²) in [5.41, 5.74) is 7.40. The average molecular weight is 216 g/mol. The van der Waals surface area contributed by atoms with Crippen LogP contribution in [0.1, 0.15) is 38.2 Å². The molecule has 2 N–H and O–H groups in total.